The van der Waals surface area contributed by atoms with Crippen molar-refractivity contribution in [2.45, 2.75) is 32.7 Å². The number of aliphatic imine (C=N–C) groups is 1. The van der Waals surface area contributed by atoms with E-state index < -0.39 is 0 Å². The van der Waals surface area contributed by atoms with Crippen LogP contribution in [0.1, 0.15) is 36.0 Å². The summed E-state index contributed by atoms with van der Waals surface area (Å²) in [5.41, 5.74) is 8.24. The minimum Gasteiger partial charge on any atom is -0.465 e. The quantitative estimate of drug-likeness (QED) is 0.406. The first kappa shape index (κ1) is 19.8. The number of nitrogens with one attached hydrogen (secondary N) is 1. The topological polar surface area (TPSA) is 66.8 Å². The van der Waals surface area contributed by atoms with Crippen LogP contribution >= 0.6 is 24.0 Å². The molecule has 0 spiro atoms. The Hall–Kier alpha value is -1.54. The van der Waals surface area contributed by atoms with Gasteiger partial charge in [0.15, 0.2) is 5.96 Å². The molecule has 1 saturated heterocycles. The maximum Gasteiger partial charge on any atom is 0.193 e. The average Bonchev–Trinajstić information content (AvgIpc) is 3.22. The Morgan fingerprint density at radius 1 is 1.16 bits per heavy atom. The van der Waals surface area contributed by atoms with E-state index in [0.717, 1.165) is 30.3 Å². The molecule has 1 atom stereocenters. The van der Waals surface area contributed by atoms with Crippen LogP contribution < -0.4 is 11.1 Å². The lowest BCUT2D eigenvalue weighted by Crippen LogP contribution is -2.30. The molecular formula is C19H27IN4O. The molecule has 2 aromatic rings. The van der Waals surface area contributed by atoms with E-state index in [4.69, 9.17) is 10.2 Å². The SMILES string of the molecule is Cc1ccc(NC(N)=NCC(c2ccc(C)o2)N2CCCC2)cc1.I. The Kier molecular flexibility index (Phi) is 7.31. The molecule has 0 bridgehead atoms. The van der Waals surface area contributed by atoms with Crippen LogP contribution in [0.5, 0.6) is 0 Å². The fourth-order valence-electron chi connectivity index (χ4n) is 3.08. The van der Waals surface area contributed by atoms with Crippen LogP contribution in [0.25, 0.3) is 0 Å². The predicted octanol–water partition coefficient (Wildman–Crippen LogP) is 4.08. The molecule has 5 nitrogen and oxygen atoms in total. The van der Waals surface area contributed by atoms with Crippen LogP contribution in [0.15, 0.2) is 45.8 Å². The first-order chi connectivity index (χ1) is 11.6. The van der Waals surface area contributed by atoms with Gasteiger partial charge in [0.05, 0.1) is 12.6 Å². The summed E-state index contributed by atoms with van der Waals surface area (Å²) in [6.07, 6.45) is 2.47. The van der Waals surface area contributed by atoms with Crippen LogP contribution in [-0.2, 0) is 0 Å². The summed E-state index contributed by atoms with van der Waals surface area (Å²) in [6, 6.07) is 12.3. The standard InChI is InChI=1S/C19H26N4O.HI/c1-14-5-8-16(9-6-14)22-19(20)21-13-17(23-11-3-4-12-23)18-10-7-15(2)24-18;/h5-10,17H,3-4,11-13H2,1-2H3,(H3,20,21,22);1H. The largest absolute Gasteiger partial charge is 0.465 e. The zero-order chi connectivity index (χ0) is 16.9. The van der Waals surface area contributed by atoms with Crippen molar-refractivity contribution in [1.29, 1.82) is 0 Å². The molecule has 3 rings (SSSR count). The fourth-order valence-corrected chi connectivity index (χ4v) is 3.08. The average molecular weight is 454 g/mol. The summed E-state index contributed by atoms with van der Waals surface area (Å²) in [5.74, 6) is 2.34. The molecule has 1 aromatic carbocycles. The van der Waals surface area contributed by atoms with E-state index >= 15 is 0 Å². The maximum absolute atomic E-state index is 6.06. The molecule has 25 heavy (non-hydrogen) atoms. The second kappa shape index (κ2) is 9.24. The molecule has 0 amide bonds. The van der Waals surface area contributed by atoms with Crippen LogP contribution in [-0.4, -0.2) is 30.5 Å². The van der Waals surface area contributed by atoms with Gasteiger partial charge in [-0.1, -0.05) is 17.7 Å². The Bertz CT molecular complexity index is 690. The maximum atomic E-state index is 6.06. The van der Waals surface area contributed by atoms with Gasteiger partial charge < -0.3 is 15.5 Å². The fraction of sp³-hybridized carbons (Fsp3) is 0.421. The van der Waals surface area contributed by atoms with Crippen molar-refractivity contribution < 1.29 is 4.42 Å². The number of rotatable bonds is 5. The lowest BCUT2D eigenvalue weighted by Gasteiger charge is -2.24. The third-order valence-electron chi connectivity index (χ3n) is 4.43. The van der Waals surface area contributed by atoms with Crippen molar-refractivity contribution in [3.05, 3.63) is 53.5 Å². The van der Waals surface area contributed by atoms with Gasteiger partial charge in [-0.25, -0.2) is 0 Å². The van der Waals surface area contributed by atoms with Gasteiger partial charge >= 0.3 is 0 Å². The molecule has 0 saturated carbocycles. The zero-order valence-electron chi connectivity index (χ0n) is 14.9. The first-order valence-corrected chi connectivity index (χ1v) is 8.56. The summed E-state index contributed by atoms with van der Waals surface area (Å²) in [7, 11) is 0. The smallest absolute Gasteiger partial charge is 0.193 e. The van der Waals surface area contributed by atoms with Gasteiger partial charge in [0, 0.05) is 5.69 Å². The van der Waals surface area contributed by atoms with Crippen LogP contribution in [0.2, 0.25) is 0 Å². The normalized spacial score (nSPS) is 16.5. The van der Waals surface area contributed by atoms with E-state index in [0.29, 0.717) is 12.5 Å². The van der Waals surface area contributed by atoms with E-state index in [1.54, 1.807) is 0 Å². The van der Waals surface area contributed by atoms with Crippen LogP contribution in [0.4, 0.5) is 5.69 Å². The Labute approximate surface area is 166 Å². The van der Waals surface area contributed by atoms with Crippen LogP contribution in [0.3, 0.4) is 0 Å². The molecule has 1 fully saturated rings. The first-order valence-electron chi connectivity index (χ1n) is 8.56. The minimum atomic E-state index is 0. The molecule has 1 unspecified atom stereocenters. The van der Waals surface area contributed by atoms with Gasteiger partial charge in [0.1, 0.15) is 11.5 Å². The van der Waals surface area contributed by atoms with E-state index in [9.17, 15) is 0 Å². The summed E-state index contributed by atoms with van der Waals surface area (Å²) in [5, 5.41) is 3.15. The summed E-state index contributed by atoms with van der Waals surface area (Å²) < 4.78 is 5.85. The number of guanidine groups is 1. The number of halogens is 1. The molecule has 1 aromatic heterocycles. The summed E-state index contributed by atoms with van der Waals surface area (Å²) in [6.45, 7) is 6.81. The highest BCUT2D eigenvalue weighted by Gasteiger charge is 2.25. The number of nitrogens with zero attached hydrogens (tertiary/aromatic N) is 2. The number of hydrogen-bond acceptors (Lipinski definition) is 3. The van der Waals surface area contributed by atoms with Gasteiger partial charge in [-0.2, -0.15) is 0 Å². The summed E-state index contributed by atoms with van der Waals surface area (Å²) in [4.78, 5) is 6.99. The number of hydrogen-bond donors (Lipinski definition) is 2. The lowest BCUT2D eigenvalue weighted by molar-refractivity contribution is 0.219. The molecule has 0 aliphatic carbocycles. The molecule has 1 aliphatic rings. The Balaban J connectivity index is 0.00000225. The molecule has 136 valence electrons. The monoisotopic (exact) mass is 454 g/mol. The Morgan fingerprint density at radius 2 is 1.84 bits per heavy atom. The number of aryl methyl sites for hydroxylation is 2. The highest BCUT2D eigenvalue weighted by atomic mass is 127. The predicted molar refractivity (Wildman–Crippen MR) is 114 cm³/mol. The van der Waals surface area contributed by atoms with Gasteiger partial charge in [-0.15, -0.1) is 24.0 Å². The second-order valence-corrected chi connectivity index (χ2v) is 6.42. The van der Waals surface area contributed by atoms with E-state index in [1.807, 2.05) is 37.3 Å². The molecule has 1 aliphatic heterocycles. The number of anilines is 1. The molecule has 3 N–H and O–H groups in total. The van der Waals surface area contributed by atoms with E-state index in [1.165, 1.54) is 18.4 Å². The highest BCUT2D eigenvalue weighted by molar-refractivity contribution is 14.0. The van der Waals surface area contributed by atoms with E-state index in [2.05, 4.69) is 28.2 Å². The van der Waals surface area contributed by atoms with Crippen molar-refractivity contribution in [3.63, 3.8) is 0 Å². The van der Waals surface area contributed by atoms with Crippen molar-refractivity contribution in [2.24, 2.45) is 10.7 Å². The number of benzene rings is 1. The van der Waals surface area contributed by atoms with Crippen molar-refractivity contribution in [1.82, 2.24) is 4.90 Å². The van der Waals surface area contributed by atoms with Gasteiger partial charge in [-0.3, -0.25) is 9.89 Å². The molecular weight excluding hydrogens is 427 g/mol. The van der Waals surface area contributed by atoms with Gasteiger partial charge in [0.25, 0.3) is 0 Å². The Morgan fingerprint density at radius 3 is 2.44 bits per heavy atom. The second-order valence-electron chi connectivity index (χ2n) is 6.42. The lowest BCUT2D eigenvalue weighted by atomic mass is 10.2. The van der Waals surface area contributed by atoms with Gasteiger partial charge in [-0.05, 0) is 64.0 Å². The third kappa shape index (κ3) is 5.47. The molecule has 0 radical (unpaired) electrons. The zero-order valence-corrected chi connectivity index (χ0v) is 17.2. The highest BCUT2D eigenvalue weighted by Crippen LogP contribution is 2.27. The third-order valence-corrected chi connectivity index (χ3v) is 4.43. The number of nitrogens with two attached hydrogens (primary N) is 1. The number of likely N-dealkylation sites (tertiary alicyclic amines) is 1. The number of furan rings is 1. The van der Waals surface area contributed by atoms with Crippen molar-refractivity contribution >= 4 is 35.6 Å². The molecule has 6 heteroatoms. The van der Waals surface area contributed by atoms with Crippen molar-refractivity contribution in [2.75, 3.05) is 25.0 Å². The summed E-state index contributed by atoms with van der Waals surface area (Å²) >= 11 is 0. The minimum absolute atomic E-state index is 0. The van der Waals surface area contributed by atoms with Crippen LogP contribution in [0, 0.1) is 13.8 Å². The van der Waals surface area contributed by atoms with Crippen molar-refractivity contribution in [3.8, 4) is 0 Å². The van der Waals surface area contributed by atoms with Gasteiger partial charge in [0.2, 0.25) is 0 Å². The van der Waals surface area contributed by atoms with E-state index in [-0.39, 0.29) is 30.0 Å². The molecule has 2 heterocycles.